The van der Waals surface area contributed by atoms with Crippen molar-refractivity contribution < 1.29 is 9.47 Å². The summed E-state index contributed by atoms with van der Waals surface area (Å²) in [6, 6.07) is 7.30. The second-order valence-corrected chi connectivity index (χ2v) is 4.62. The Hall–Kier alpha value is -0.770. The van der Waals surface area contributed by atoms with Crippen LogP contribution in [0.1, 0.15) is 13.3 Å². The number of rotatable bonds is 7. The van der Waals surface area contributed by atoms with Crippen molar-refractivity contribution in [2.75, 3.05) is 20.3 Å². The predicted molar refractivity (Wildman–Crippen MR) is 70.6 cm³/mol. The average molecular weight is 258 g/mol. The molecule has 0 aromatic heterocycles. The third kappa shape index (κ3) is 5.39. The number of halogens is 1. The first-order valence-electron chi connectivity index (χ1n) is 5.76. The molecule has 0 aliphatic rings. The van der Waals surface area contributed by atoms with Gasteiger partial charge in [0, 0.05) is 24.8 Å². The quantitative estimate of drug-likeness (QED) is 0.817. The van der Waals surface area contributed by atoms with Crippen molar-refractivity contribution in [3.8, 4) is 5.75 Å². The smallest absolute Gasteiger partial charge is 0.119 e. The summed E-state index contributed by atoms with van der Waals surface area (Å²) in [6.45, 7) is 3.34. The molecule has 2 N–H and O–H groups in total. The van der Waals surface area contributed by atoms with Gasteiger partial charge in [-0.05, 0) is 36.6 Å². The van der Waals surface area contributed by atoms with Gasteiger partial charge in [-0.15, -0.1) is 0 Å². The van der Waals surface area contributed by atoms with E-state index < -0.39 is 0 Å². The minimum absolute atomic E-state index is 0.0147. The van der Waals surface area contributed by atoms with E-state index in [1.165, 1.54) is 0 Å². The number of ether oxygens (including phenoxy) is 2. The van der Waals surface area contributed by atoms with E-state index in [4.69, 9.17) is 26.8 Å². The Morgan fingerprint density at radius 2 is 1.94 bits per heavy atom. The van der Waals surface area contributed by atoms with Crippen molar-refractivity contribution in [1.29, 1.82) is 0 Å². The molecule has 3 nitrogen and oxygen atoms in total. The first-order chi connectivity index (χ1) is 8.13. The van der Waals surface area contributed by atoms with Crippen LogP contribution in [0, 0.1) is 5.92 Å². The Bertz CT molecular complexity index is 316. The maximum atomic E-state index is 6.03. The highest BCUT2D eigenvalue weighted by atomic mass is 35.5. The van der Waals surface area contributed by atoms with E-state index in [2.05, 4.69) is 6.92 Å². The maximum Gasteiger partial charge on any atom is 0.119 e. The summed E-state index contributed by atoms with van der Waals surface area (Å²) >= 11 is 5.79. The van der Waals surface area contributed by atoms with E-state index in [1.807, 2.05) is 12.1 Å². The van der Waals surface area contributed by atoms with Crippen LogP contribution in [-0.2, 0) is 4.74 Å². The van der Waals surface area contributed by atoms with E-state index in [-0.39, 0.29) is 6.04 Å². The van der Waals surface area contributed by atoms with Crippen LogP contribution < -0.4 is 10.5 Å². The van der Waals surface area contributed by atoms with Gasteiger partial charge in [0.25, 0.3) is 0 Å². The summed E-state index contributed by atoms with van der Waals surface area (Å²) < 4.78 is 10.6. The minimum Gasteiger partial charge on any atom is -0.492 e. The van der Waals surface area contributed by atoms with E-state index in [1.54, 1.807) is 19.2 Å². The highest BCUT2D eigenvalue weighted by Crippen LogP contribution is 2.16. The zero-order valence-corrected chi connectivity index (χ0v) is 11.1. The topological polar surface area (TPSA) is 44.5 Å². The minimum atomic E-state index is 0.0147. The van der Waals surface area contributed by atoms with Crippen LogP contribution in [0.25, 0.3) is 0 Å². The molecule has 17 heavy (non-hydrogen) atoms. The van der Waals surface area contributed by atoms with Crippen molar-refractivity contribution in [3.05, 3.63) is 29.3 Å². The van der Waals surface area contributed by atoms with Gasteiger partial charge in [0.2, 0.25) is 0 Å². The van der Waals surface area contributed by atoms with Gasteiger partial charge >= 0.3 is 0 Å². The van der Waals surface area contributed by atoms with Crippen LogP contribution in [0.2, 0.25) is 5.02 Å². The first kappa shape index (κ1) is 14.3. The molecule has 1 aromatic rings. The molecule has 0 spiro atoms. The summed E-state index contributed by atoms with van der Waals surface area (Å²) in [5.74, 6) is 1.17. The third-order valence-electron chi connectivity index (χ3n) is 2.76. The van der Waals surface area contributed by atoms with Crippen molar-refractivity contribution in [1.82, 2.24) is 0 Å². The Morgan fingerprint density at radius 1 is 1.29 bits per heavy atom. The lowest BCUT2D eigenvalue weighted by Gasteiger charge is -2.19. The van der Waals surface area contributed by atoms with Crippen molar-refractivity contribution in [3.63, 3.8) is 0 Å². The number of nitrogens with two attached hydrogens (primary N) is 1. The summed E-state index contributed by atoms with van der Waals surface area (Å²) in [6.07, 6.45) is 0.946. The first-order valence-corrected chi connectivity index (χ1v) is 6.14. The second kappa shape index (κ2) is 7.54. The van der Waals surface area contributed by atoms with Crippen LogP contribution >= 0.6 is 11.6 Å². The summed E-state index contributed by atoms with van der Waals surface area (Å²) in [4.78, 5) is 0. The summed E-state index contributed by atoms with van der Waals surface area (Å²) in [5.41, 5.74) is 6.03. The lowest BCUT2D eigenvalue weighted by atomic mass is 10.0. The maximum absolute atomic E-state index is 6.03. The van der Waals surface area contributed by atoms with E-state index in [0.29, 0.717) is 17.5 Å². The molecule has 0 bridgehead atoms. The molecule has 0 saturated heterocycles. The zero-order valence-electron chi connectivity index (χ0n) is 10.4. The highest BCUT2D eigenvalue weighted by molar-refractivity contribution is 6.30. The average Bonchev–Trinajstić information content (AvgIpc) is 2.34. The van der Waals surface area contributed by atoms with Gasteiger partial charge in [-0.1, -0.05) is 18.5 Å². The fourth-order valence-corrected chi connectivity index (χ4v) is 1.53. The van der Waals surface area contributed by atoms with Gasteiger partial charge in [-0.3, -0.25) is 0 Å². The van der Waals surface area contributed by atoms with Crippen LogP contribution in [0.15, 0.2) is 24.3 Å². The van der Waals surface area contributed by atoms with E-state index in [9.17, 15) is 0 Å². The molecule has 96 valence electrons. The Morgan fingerprint density at radius 3 is 2.53 bits per heavy atom. The summed E-state index contributed by atoms with van der Waals surface area (Å²) in [7, 11) is 1.70. The van der Waals surface area contributed by atoms with Gasteiger partial charge in [-0.2, -0.15) is 0 Å². The largest absolute Gasteiger partial charge is 0.492 e. The van der Waals surface area contributed by atoms with Gasteiger partial charge in [0.05, 0.1) is 0 Å². The molecular formula is C13H20ClNO2. The summed E-state index contributed by atoms with van der Waals surface area (Å²) in [5, 5.41) is 0.704. The molecule has 0 aliphatic heterocycles. The molecule has 0 amide bonds. The number of hydrogen-bond acceptors (Lipinski definition) is 3. The molecule has 0 saturated carbocycles. The van der Waals surface area contributed by atoms with Gasteiger partial charge in [-0.25, -0.2) is 0 Å². The Labute approximate surface area is 108 Å². The number of benzene rings is 1. The Kier molecular flexibility index (Phi) is 6.34. The van der Waals surface area contributed by atoms with Crippen LogP contribution in [0.5, 0.6) is 5.75 Å². The van der Waals surface area contributed by atoms with Gasteiger partial charge < -0.3 is 15.2 Å². The van der Waals surface area contributed by atoms with Crippen LogP contribution in [0.4, 0.5) is 0 Å². The molecular weight excluding hydrogens is 238 g/mol. The van der Waals surface area contributed by atoms with Gasteiger partial charge in [0.15, 0.2) is 0 Å². The molecule has 1 aromatic carbocycles. The van der Waals surface area contributed by atoms with Crippen molar-refractivity contribution >= 4 is 11.6 Å². The van der Waals surface area contributed by atoms with Crippen LogP contribution in [-0.4, -0.2) is 26.4 Å². The van der Waals surface area contributed by atoms with Crippen molar-refractivity contribution in [2.45, 2.75) is 19.4 Å². The molecule has 0 fully saturated rings. The fourth-order valence-electron chi connectivity index (χ4n) is 1.41. The van der Waals surface area contributed by atoms with Gasteiger partial charge in [0.1, 0.15) is 12.4 Å². The fraction of sp³-hybridized carbons (Fsp3) is 0.538. The molecule has 0 radical (unpaired) electrons. The molecule has 4 heteroatoms. The Balaban J connectivity index is 2.32. The molecule has 0 heterocycles. The number of methoxy groups -OCH3 is 1. The number of hydrogen-bond donors (Lipinski definition) is 1. The van der Waals surface area contributed by atoms with Crippen molar-refractivity contribution in [2.24, 2.45) is 11.7 Å². The molecule has 1 rings (SSSR count). The highest BCUT2D eigenvalue weighted by Gasteiger charge is 2.13. The predicted octanol–water partition coefficient (Wildman–Crippen LogP) is 2.72. The van der Waals surface area contributed by atoms with E-state index in [0.717, 1.165) is 18.8 Å². The SMILES string of the molecule is COCCC(C)C(N)COc1ccc(Cl)cc1. The molecule has 2 atom stereocenters. The zero-order chi connectivity index (χ0) is 12.7. The third-order valence-corrected chi connectivity index (χ3v) is 3.02. The lowest BCUT2D eigenvalue weighted by molar-refractivity contribution is 0.164. The lowest BCUT2D eigenvalue weighted by Crippen LogP contribution is -2.35. The van der Waals surface area contributed by atoms with Crippen LogP contribution in [0.3, 0.4) is 0 Å². The molecule has 2 unspecified atom stereocenters. The van der Waals surface area contributed by atoms with E-state index >= 15 is 0 Å². The second-order valence-electron chi connectivity index (χ2n) is 4.19. The molecule has 0 aliphatic carbocycles. The normalized spacial score (nSPS) is 14.4. The standard InChI is InChI=1S/C13H20ClNO2/c1-10(7-8-16-2)13(15)9-17-12-5-3-11(14)4-6-12/h3-6,10,13H,7-9,15H2,1-2H3. The monoisotopic (exact) mass is 257 g/mol.